The van der Waals surface area contributed by atoms with Crippen LogP contribution in [0.4, 0.5) is 0 Å². The van der Waals surface area contributed by atoms with Gasteiger partial charge in [0.1, 0.15) is 0 Å². The summed E-state index contributed by atoms with van der Waals surface area (Å²) in [6.45, 7) is 6.84. The highest BCUT2D eigenvalue weighted by Crippen LogP contribution is 2.44. The van der Waals surface area contributed by atoms with E-state index in [4.69, 9.17) is 0 Å². The second kappa shape index (κ2) is 10.3. The first kappa shape index (κ1) is 20.5. The van der Waals surface area contributed by atoms with E-state index in [1.54, 1.807) is 0 Å². The number of allylic oxidation sites excluding steroid dienone is 5. The van der Waals surface area contributed by atoms with E-state index in [2.05, 4.69) is 91.6 Å². The predicted molar refractivity (Wildman–Crippen MR) is 121 cm³/mol. The van der Waals surface area contributed by atoms with Gasteiger partial charge in [-0.05, 0) is 54.5 Å². The van der Waals surface area contributed by atoms with Crippen LogP contribution in [-0.2, 0) is 4.75 Å². The van der Waals surface area contributed by atoms with Crippen molar-refractivity contribution in [2.45, 2.75) is 50.7 Å². The third-order valence-electron chi connectivity index (χ3n) is 6.04. The molecule has 0 spiro atoms. The molecule has 2 heteroatoms. The summed E-state index contributed by atoms with van der Waals surface area (Å²) in [5, 5.41) is 3.90. The van der Waals surface area contributed by atoms with Gasteiger partial charge in [-0.1, -0.05) is 87.4 Å². The molecule has 27 heavy (non-hydrogen) atoms. The van der Waals surface area contributed by atoms with Crippen molar-refractivity contribution >= 4 is 11.8 Å². The minimum atomic E-state index is -0.0134. The van der Waals surface area contributed by atoms with Gasteiger partial charge in [0.15, 0.2) is 0 Å². The lowest BCUT2D eigenvalue weighted by Gasteiger charge is -2.36. The summed E-state index contributed by atoms with van der Waals surface area (Å²) in [6, 6.07) is 11.1. The standard InChI is InChI=1S/C25H35NS/c1-3-27-25(24-13-9-6-10-14-24,23-11-7-4-5-8-12-23)20-26-19-22-17-15-21(2)16-18-22/h4-7,9-14,21-22,26H,3,8,15-20H2,1-2H3. The zero-order valence-corrected chi connectivity index (χ0v) is 17.8. The van der Waals surface area contributed by atoms with Crippen LogP contribution in [0.25, 0.3) is 0 Å². The molecule has 1 saturated carbocycles. The Bertz CT molecular complexity index is 652. The fourth-order valence-corrected chi connectivity index (χ4v) is 5.72. The van der Waals surface area contributed by atoms with E-state index >= 15 is 0 Å². The van der Waals surface area contributed by atoms with Crippen molar-refractivity contribution in [3.63, 3.8) is 0 Å². The Labute approximate surface area is 170 Å². The third kappa shape index (κ3) is 5.39. The van der Waals surface area contributed by atoms with Crippen molar-refractivity contribution in [2.24, 2.45) is 11.8 Å². The Morgan fingerprint density at radius 2 is 1.85 bits per heavy atom. The Hall–Kier alpha value is -1.25. The molecule has 146 valence electrons. The molecule has 0 aromatic heterocycles. The molecular weight excluding hydrogens is 346 g/mol. The van der Waals surface area contributed by atoms with E-state index in [9.17, 15) is 0 Å². The van der Waals surface area contributed by atoms with Crippen LogP contribution in [0.2, 0.25) is 0 Å². The average Bonchev–Trinajstić information content (AvgIpc) is 2.99. The van der Waals surface area contributed by atoms with E-state index in [0.717, 1.165) is 37.1 Å². The van der Waals surface area contributed by atoms with Crippen molar-refractivity contribution in [1.82, 2.24) is 5.32 Å². The summed E-state index contributed by atoms with van der Waals surface area (Å²) in [4.78, 5) is 0. The minimum absolute atomic E-state index is 0.0134. The molecule has 1 atom stereocenters. The first-order chi connectivity index (χ1) is 13.2. The summed E-state index contributed by atoms with van der Waals surface area (Å²) in [6.07, 6.45) is 18.0. The smallest absolute Gasteiger partial charge is 0.0778 e. The Morgan fingerprint density at radius 1 is 1.07 bits per heavy atom. The summed E-state index contributed by atoms with van der Waals surface area (Å²) in [5.41, 5.74) is 2.86. The van der Waals surface area contributed by atoms with Crippen molar-refractivity contribution in [3.05, 3.63) is 71.8 Å². The Morgan fingerprint density at radius 3 is 2.59 bits per heavy atom. The normalized spacial score (nSPS) is 24.9. The molecular formula is C25H35NS. The van der Waals surface area contributed by atoms with Crippen molar-refractivity contribution in [1.29, 1.82) is 0 Å². The van der Waals surface area contributed by atoms with Crippen LogP contribution >= 0.6 is 11.8 Å². The van der Waals surface area contributed by atoms with Gasteiger partial charge >= 0.3 is 0 Å². The second-order valence-corrected chi connectivity index (χ2v) is 9.63. The lowest BCUT2D eigenvalue weighted by molar-refractivity contribution is 0.280. The molecule has 1 fully saturated rings. The molecule has 3 rings (SSSR count). The fraction of sp³-hybridized carbons (Fsp3) is 0.520. The van der Waals surface area contributed by atoms with Crippen LogP contribution in [0.15, 0.2) is 66.3 Å². The van der Waals surface area contributed by atoms with Gasteiger partial charge in [0.25, 0.3) is 0 Å². The number of hydrogen-bond acceptors (Lipinski definition) is 2. The predicted octanol–water partition coefficient (Wildman–Crippen LogP) is 6.49. The minimum Gasteiger partial charge on any atom is -0.314 e. The zero-order chi connectivity index (χ0) is 19.0. The van der Waals surface area contributed by atoms with Gasteiger partial charge < -0.3 is 5.32 Å². The summed E-state index contributed by atoms with van der Waals surface area (Å²) >= 11 is 2.07. The SMILES string of the molecule is CCSC(CNCC1CCC(C)CC1)(C1=CCC=CC=C1)c1ccccc1. The first-order valence-electron chi connectivity index (χ1n) is 10.7. The molecule has 2 aliphatic carbocycles. The van der Waals surface area contributed by atoms with Crippen molar-refractivity contribution in [3.8, 4) is 0 Å². The lowest BCUT2D eigenvalue weighted by atomic mass is 9.83. The van der Waals surface area contributed by atoms with Crippen LogP contribution in [0.5, 0.6) is 0 Å². The first-order valence-corrected chi connectivity index (χ1v) is 11.7. The summed E-state index contributed by atoms with van der Waals surface area (Å²) in [7, 11) is 0. The van der Waals surface area contributed by atoms with Crippen LogP contribution < -0.4 is 5.32 Å². The Kier molecular flexibility index (Phi) is 7.84. The number of thioether (sulfide) groups is 1. The van der Waals surface area contributed by atoms with Gasteiger partial charge in [0.05, 0.1) is 4.75 Å². The van der Waals surface area contributed by atoms with E-state index in [-0.39, 0.29) is 4.75 Å². The molecule has 1 unspecified atom stereocenters. The summed E-state index contributed by atoms with van der Waals surface area (Å²) in [5.74, 6) is 2.88. The van der Waals surface area contributed by atoms with Gasteiger partial charge in [-0.15, -0.1) is 11.8 Å². The molecule has 1 nitrogen and oxygen atoms in total. The van der Waals surface area contributed by atoms with Crippen LogP contribution in [0, 0.1) is 11.8 Å². The number of nitrogens with one attached hydrogen (secondary N) is 1. The number of rotatable bonds is 8. The maximum Gasteiger partial charge on any atom is 0.0778 e. The largest absolute Gasteiger partial charge is 0.314 e. The second-order valence-electron chi connectivity index (χ2n) is 8.07. The molecule has 1 aromatic carbocycles. The zero-order valence-electron chi connectivity index (χ0n) is 17.0. The molecule has 1 aromatic rings. The summed E-state index contributed by atoms with van der Waals surface area (Å²) < 4.78 is -0.0134. The monoisotopic (exact) mass is 381 g/mol. The van der Waals surface area contributed by atoms with E-state index in [1.165, 1.54) is 36.8 Å². The molecule has 0 radical (unpaired) electrons. The third-order valence-corrected chi connectivity index (χ3v) is 7.43. The maximum absolute atomic E-state index is 3.90. The van der Waals surface area contributed by atoms with E-state index < -0.39 is 0 Å². The highest BCUT2D eigenvalue weighted by molar-refractivity contribution is 8.00. The van der Waals surface area contributed by atoms with Gasteiger partial charge in [-0.3, -0.25) is 0 Å². The molecule has 0 bridgehead atoms. The van der Waals surface area contributed by atoms with Crippen LogP contribution in [0.3, 0.4) is 0 Å². The van der Waals surface area contributed by atoms with Gasteiger partial charge in [0.2, 0.25) is 0 Å². The van der Waals surface area contributed by atoms with Gasteiger partial charge in [-0.2, -0.15) is 0 Å². The molecule has 0 aliphatic heterocycles. The van der Waals surface area contributed by atoms with E-state index in [0.29, 0.717) is 0 Å². The maximum atomic E-state index is 3.90. The van der Waals surface area contributed by atoms with Gasteiger partial charge in [0, 0.05) is 6.54 Å². The molecule has 0 amide bonds. The van der Waals surface area contributed by atoms with E-state index in [1.807, 2.05) is 0 Å². The molecule has 2 aliphatic rings. The highest BCUT2D eigenvalue weighted by Gasteiger charge is 2.35. The topological polar surface area (TPSA) is 12.0 Å². The quantitative estimate of drug-likeness (QED) is 0.552. The molecule has 0 saturated heterocycles. The number of benzene rings is 1. The van der Waals surface area contributed by atoms with Crippen LogP contribution in [0.1, 0.15) is 51.5 Å². The van der Waals surface area contributed by atoms with Gasteiger partial charge in [-0.25, -0.2) is 0 Å². The Balaban J connectivity index is 1.79. The lowest BCUT2D eigenvalue weighted by Crippen LogP contribution is -2.39. The van der Waals surface area contributed by atoms with Crippen LogP contribution in [-0.4, -0.2) is 18.8 Å². The molecule has 1 N–H and O–H groups in total. The average molecular weight is 382 g/mol. The number of hydrogen-bond donors (Lipinski definition) is 1. The van der Waals surface area contributed by atoms with Crippen molar-refractivity contribution < 1.29 is 0 Å². The fourth-order valence-electron chi connectivity index (χ4n) is 4.41. The highest BCUT2D eigenvalue weighted by atomic mass is 32.2. The van der Waals surface area contributed by atoms with Crippen molar-refractivity contribution in [2.75, 3.05) is 18.8 Å². The molecule has 0 heterocycles.